The number of amides is 4. The highest BCUT2D eigenvalue weighted by atomic mass is 32.2. The van der Waals surface area contributed by atoms with Crippen LogP contribution in [0.1, 0.15) is 11.1 Å². The predicted molar refractivity (Wildman–Crippen MR) is 125 cm³/mol. The van der Waals surface area contributed by atoms with E-state index in [1.54, 1.807) is 60.7 Å². The van der Waals surface area contributed by atoms with Gasteiger partial charge >= 0.3 is 6.03 Å². The molecule has 1 saturated heterocycles. The lowest BCUT2D eigenvalue weighted by Crippen LogP contribution is -2.49. The van der Waals surface area contributed by atoms with Gasteiger partial charge in [-0.2, -0.15) is 5.01 Å². The van der Waals surface area contributed by atoms with E-state index in [1.807, 2.05) is 18.2 Å². The first kappa shape index (κ1) is 21.8. The fraction of sp³-hybridized carbons (Fsp3) is 0.160. The summed E-state index contributed by atoms with van der Waals surface area (Å²) in [6, 6.07) is 22.7. The molecule has 8 nitrogen and oxygen atoms in total. The van der Waals surface area contributed by atoms with E-state index in [2.05, 4.69) is 10.7 Å². The van der Waals surface area contributed by atoms with Crippen LogP contribution in [0.15, 0.2) is 83.8 Å². The van der Waals surface area contributed by atoms with E-state index in [-0.39, 0.29) is 5.75 Å². The third-order valence-corrected chi connectivity index (χ3v) is 6.55. The van der Waals surface area contributed by atoms with Crippen molar-refractivity contribution in [1.82, 2.24) is 15.8 Å². The van der Waals surface area contributed by atoms with Gasteiger partial charge in [0.2, 0.25) is 5.91 Å². The Morgan fingerprint density at radius 1 is 0.912 bits per heavy atom. The highest BCUT2D eigenvalue weighted by Crippen LogP contribution is 2.36. The van der Waals surface area contributed by atoms with E-state index in [4.69, 9.17) is 9.47 Å². The van der Waals surface area contributed by atoms with Crippen LogP contribution in [-0.2, 0) is 15.1 Å². The Labute approximate surface area is 200 Å². The number of carbonyl (C=O) groups excluding carboxylic acids is 3. The Morgan fingerprint density at radius 2 is 1.53 bits per heavy atom. The number of imide groups is 1. The van der Waals surface area contributed by atoms with Gasteiger partial charge in [0.25, 0.3) is 5.91 Å². The standard InChI is InChI=1S/C25H21N3O5S/c29-22(16-34-19-11-12-20-21(15-19)33-14-13-32-20)27-28-23(30)25(26-24(28)31,17-7-3-1-4-8-17)18-9-5-2-6-10-18/h1-12,15H,13-14,16H2,(H,26,31)(H,27,29). The molecule has 0 atom stereocenters. The maximum atomic E-state index is 13.6. The van der Waals surface area contributed by atoms with Crippen molar-refractivity contribution in [2.45, 2.75) is 10.4 Å². The molecule has 2 N–H and O–H groups in total. The molecule has 0 radical (unpaired) electrons. The maximum absolute atomic E-state index is 13.6. The van der Waals surface area contributed by atoms with Crippen LogP contribution in [-0.4, -0.2) is 41.8 Å². The van der Waals surface area contributed by atoms with E-state index < -0.39 is 23.4 Å². The summed E-state index contributed by atoms with van der Waals surface area (Å²) in [5.74, 6) is 0.229. The second-order valence-electron chi connectivity index (χ2n) is 7.68. The van der Waals surface area contributed by atoms with Crippen molar-refractivity contribution in [3.05, 3.63) is 90.0 Å². The zero-order valence-corrected chi connectivity index (χ0v) is 18.8. The molecule has 9 heteroatoms. The number of benzene rings is 3. The third-order valence-electron chi connectivity index (χ3n) is 5.56. The lowest BCUT2D eigenvalue weighted by molar-refractivity contribution is -0.137. The van der Waals surface area contributed by atoms with Crippen molar-refractivity contribution in [3.8, 4) is 11.5 Å². The van der Waals surface area contributed by atoms with Gasteiger partial charge in [-0.05, 0) is 29.3 Å². The number of nitrogens with zero attached hydrogens (tertiary/aromatic N) is 1. The summed E-state index contributed by atoms with van der Waals surface area (Å²) in [6.07, 6.45) is 0. The lowest BCUT2D eigenvalue weighted by Gasteiger charge is -2.27. The number of ether oxygens (including phenoxy) is 2. The monoisotopic (exact) mass is 475 g/mol. The molecule has 2 aliphatic rings. The van der Waals surface area contributed by atoms with Gasteiger partial charge in [-0.15, -0.1) is 11.8 Å². The van der Waals surface area contributed by atoms with Gasteiger partial charge in [-0.3, -0.25) is 15.0 Å². The second kappa shape index (κ2) is 9.11. The molecule has 0 spiro atoms. The van der Waals surface area contributed by atoms with Crippen LogP contribution in [0.2, 0.25) is 0 Å². The van der Waals surface area contributed by atoms with Gasteiger partial charge in [-0.1, -0.05) is 60.7 Å². The number of urea groups is 1. The smallest absolute Gasteiger partial charge is 0.344 e. The van der Waals surface area contributed by atoms with Crippen LogP contribution in [0.4, 0.5) is 4.79 Å². The van der Waals surface area contributed by atoms with Crippen molar-refractivity contribution < 1.29 is 23.9 Å². The summed E-state index contributed by atoms with van der Waals surface area (Å²) in [6.45, 7) is 0.972. The van der Waals surface area contributed by atoms with Crippen molar-refractivity contribution in [2.75, 3.05) is 19.0 Å². The van der Waals surface area contributed by atoms with Gasteiger partial charge in [0.1, 0.15) is 13.2 Å². The van der Waals surface area contributed by atoms with E-state index in [1.165, 1.54) is 11.8 Å². The van der Waals surface area contributed by atoms with Crippen molar-refractivity contribution in [1.29, 1.82) is 0 Å². The fourth-order valence-electron chi connectivity index (χ4n) is 3.98. The first-order chi connectivity index (χ1) is 16.6. The quantitative estimate of drug-likeness (QED) is 0.420. The van der Waals surface area contributed by atoms with Gasteiger partial charge in [0, 0.05) is 4.90 Å². The van der Waals surface area contributed by atoms with E-state index >= 15 is 0 Å². The summed E-state index contributed by atoms with van der Waals surface area (Å²) in [5.41, 5.74) is 2.22. The number of hydrazine groups is 1. The molecular weight excluding hydrogens is 454 g/mol. The molecule has 0 bridgehead atoms. The SMILES string of the molecule is O=C(CSc1ccc2c(c1)OCCO2)NN1C(=O)NC(c2ccccc2)(c2ccccc2)C1=O. The molecule has 0 unspecified atom stereocenters. The first-order valence-corrected chi connectivity index (χ1v) is 11.7. The van der Waals surface area contributed by atoms with Gasteiger partial charge in [0.05, 0.1) is 5.75 Å². The average molecular weight is 476 g/mol. The minimum atomic E-state index is -1.43. The summed E-state index contributed by atoms with van der Waals surface area (Å²) in [4.78, 5) is 39.9. The van der Waals surface area contributed by atoms with Crippen molar-refractivity contribution in [3.63, 3.8) is 0 Å². The average Bonchev–Trinajstić information content (AvgIpc) is 3.14. The molecule has 2 aliphatic heterocycles. The number of carbonyl (C=O) groups is 3. The number of hydrogen-bond donors (Lipinski definition) is 2. The van der Waals surface area contributed by atoms with Gasteiger partial charge in [0.15, 0.2) is 17.0 Å². The van der Waals surface area contributed by atoms with Crippen LogP contribution >= 0.6 is 11.8 Å². The molecule has 5 rings (SSSR count). The zero-order valence-electron chi connectivity index (χ0n) is 18.0. The minimum absolute atomic E-state index is 0.000375. The van der Waals surface area contributed by atoms with Crippen LogP contribution in [0.25, 0.3) is 0 Å². The topological polar surface area (TPSA) is 97.0 Å². The molecule has 3 aromatic rings. The Kier molecular flexibility index (Phi) is 5.85. The first-order valence-electron chi connectivity index (χ1n) is 10.7. The van der Waals surface area contributed by atoms with Crippen LogP contribution in [0.5, 0.6) is 11.5 Å². The largest absolute Gasteiger partial charge is 0.486 e. The van der Waals surface area contributed by atoms with Gasteiger partial charge < -0.3 is 14.8 Å². The summed E-state index contributed by atoms with van der Waals surface area (Å²) in [7, 11) is 0. The van der Waals surface area contributed by atoms with E-state index in [0.717, 1.165) is 9.90 Å². The molecule has 0 aromatic heterocycles. The molecule has 0 saturated carbocycles. The van der Waals surface area contributed by atoms with Crippen LogP contribution in [0.3, 0.4) is 0 Å². The minimum Gasteiger partial charge on any atom is -0.486 e. The molecule has 3 aromatic carbocycles. The summed E-state index contributed by atoms with van der Waals surface area (Å²) in [5, 5.41) is 3.56. The van der Waals surface area contributed by atoms with E-state index in [9.17, 15) is 14.4 Å². The highest BCUT2D eigenvalue weighted by Gasteiger charge is 2.54. The van der Waals surface area contributed by atoms with Crippen molar-refractivity contribution >= 4 is 29.6 Å². The normalized spacial score (nSPS) is 16.2. The van der Waals surface area contributed by atoms with E-state index in [0.29, 0.717) is 35.8 Å². The Bertz CT molecular complexity index is 1200. The molecular formula is C25H21N3O5S. The Balaban J connectivity index is 1.33. The van der Waals surface area contributed by atoms with Crippen LogP contribution < -0.4 is 20.2 Å². The lowest BCUT2D eigenvalue weighted by atomic mass is 9.83. The molecule has 1 fully saturated rings. The molecule has 34 heavy (non-hydrogen) atoms. The number of fused-ring (bicyclic) bond motifs is 1. The zero-order chi connectivity index (χ0) is 23.5. The predicted octanol–water partition coefficient (Wildman–Crippen LogP) is 3.08. The van der Waals surface area contributed by atoms with Crippen LogP contribution in [0, 0.1) is 0 Å². The summed E-state index contributed by atoms with van der Waals surface area (Å²) < 4.78 is 11.1. The number of thioether (sulfide) groups is 1. The Hall–Kier alpha value is -3.98. The second-order valence-corrected chi connectivity index (χ2v) is 8.73. The Morgan fingerprint density at radius 3 is 2.18 bits per heavy atom. The van der Waals surface area contributed by atoms with Crippen molar-refractivity contribution in [2.24, 2.45) is 0 Å². The number of hydrogen-bond acceptors (Lipinski definition) is 6. The third kappa shape index (κ3) is 3.94. The molecule has 4 amide bonds. The highest BCUT2D eigenvalue weighted by molar-refractivity contribution is 8.00. The summed E-state index contributed by atoms with van der Waals surface area (Å²) >= 11 is 1.26. The number of nitrogens with one attached hydrogen (secondary N) is 2. The maximum Gasteiger partial charge on any atom is 0.344 e. The molecule has 2 heterocycles. The molecule has 172 valence electrons. The van der Waals surface area contributed by atoms with Gasteiger partial charge in [-0.25, -0.2) is 4.79 Å². The fourth-order valence-corrected chi connectivity index (χ4v) is 4.70. The number of rotatable bonds is 6. The molecule has 0 aliphatic carbocycles.